The summed E-state index contributed by atoms with van der Waals surface area (Å²) in [5.41, 5.74) is 8.53. The van der Waals surface area contributed by atoms with Gasteiger partial charge in [0.2, 0.25) is 0 Å². The third kappa shape index (κ3) is 3.14. The lowest BCUT2D eigenvalue weighted by molar-refractivity contribution is 0.0954. The Morgan fingerprint density at radius 1 is 1.39 bits per heavy atom. The molecule has 0 saturated carbocycles. The molecule has 0 aliphatic carbocycles. The fraction of sp³-hybridized carbons (Fsp3) is 0.0909. The summed E-state index contributed by atoms with van der Waals surface area (Å²) < 4.78 is 1.51. The molecule has 1 heterocycles. The Morgan fingerprint density at radius 3 is 2.83 bits per heavy atom. The van der Waals surface area contributed by atoms with Crippen molar-refractivity contribution in [3.05, 3.63) is 48.5 Å². The van der Waals surface area contributed by atoms with Crippen LogP contribution in [0.5, 0.6) is 0 Å². The number of hydrogen-bond acceptors (Lipinski definition) is 4. The van der Waals surface area contributed by atoms with E-state index in [4.69, 9.17) is 5.73 Å². The Morgan fingerprint density at radius 2 is 2.17 bits per heavy atom. The zero-order chi connectivity index (χ0) is 12.8. The van der Waals surface area contributed by atoms with Gasteiger partial charge in [-0.05, 0) is 12.1 Å². The SMILES string of the molecule is N/C(Cn1cncn1)=N/NC(=O)c1ccccc1. The molecule has 0 radical (unpaired) electrons. The maximum Gasteiger partial charge on any atom is 0.271 e. The molecule has 0 unspecified atom stereocenters. The lowest BCUT2D eigenvalue weighted by Crippen LogP contribution is -2.26. The van der Waals surface area contributed by atoms with Gasteiger partial charge in [-0.2, -0.15) is 10.2 Å². The molecule has 1 aromatic carbocycles. The van der Waals surface area contributed by atoms with Crippen molar-refractivity contribution in [1.29, 1.82) is 0 Å². The van der Waals surface area contributed by atoms with Gasteiger partial charge in [-0.3, -0.25) is 4.79 Å². The predicted molar refractivity (Wildman–Crippen MR) is 65.6 cm³/mol. The van der Waals surface area contributed by atoms with Crippen LogP contribution in [0.4, 0.5) is 0 Å². The zero-order valence-corrected chi connectivity index (χ0v) is 9.52. The van der Waals surface area contributed by atoms with Gasteiger partial charge in [-0.15, -0.1) is 0 Å². The van der Waals surface area contributed by atoms with Crippen molar-refractivity contribution in [2.75, 3.05) is 0 Å². The van der Waals surface area contributed by atoms with Crippen LogP contribution in [0.3, 0.4) is 0 Å². The van der Waals surface area contributed by atoms with Crippen molar-refractivity contribution in [3.63, 3.8) is 0 Å². The maximum absolute atomic E-state index is 11.6. The molecule has 18 heavy (non-hydrogen) atoms. The summed E-state index contributed by atoms with van der Waals surface area (Å²) >= 11 is 0. The van der Waals surface area contributed by atoms with Crippen molar-refractivity contribution >= 4 is 11.7 Å². The standard InChI is InChI=1S/C11H12N6O/c12-10(6-17-8-13-7-14-17)15-16-11(18)9-4-2-1-3-5-9/h1-5,7-8H,6H2,(H2,12,15)(H,16,18). The minimum atomic E-state index is -0.308. The molecule has 92 valence electrons. The highest BCUT2D eigenvalue weighted by atomic mass is 16.2. The molecule has 0 spiro atoms. The number of aromatic nitrogens is 3. The topological polar surface area (TPSA) is 98.2 Å². The van der Waals surface area contributed by atoms with E-state index in [1.807, 2.05) is 6.07 Å². The highest BCUT2D eigenvalue weighted by Crippen LogP contribution is 1.97. The molecule has 2 rings (SSSR count). The van der Waals surface area contributed by atoms with Gasteiger partial charge >= 0.3 is 0 Å². The molecule has 1 amide bonds. The van der Waals surface area contributed by atoms with E-state index in [1.54, 1.807) is 24.3 Å². The van der Waals surface area contributed by atoms with Crippen LogP contribution in [-0.4, -0.2) is 26.5 Å². The molecule has 0 bridgehead atoms. The molecule has 1 aromatic heterocycles. The number of nitrogens with two attached hydrogens (primary N) is 1. The third-order valence-electron chi connectivity index (χ3n) is 2.13. The first-order chi connectivity index (χ1) is 8.75. The number of nitrogens with one attached hydrogen (secondary N) is 1. The number of hydrogen-bond donors (Lipinski definition) is 2. The van der Waals surface area contributed by atoms with Gasteiger partial charge in [-0.25, -0.2) is 15.1 Å². The first-order valence-electron chi connectivity index (χ1n) is 5.25. The molecule has 0 aliphatic rings. The fourth-order valence-corrected chi connectivity index (χ4v) is 1.29. The van der Waals surface area contributed by atoms with Crippen LogP contribution in [0.25, 0.3) is 0 Å². The number of carbonyl (C=O) groups excluding carboxylic acids is 1. The van der Waals surface area contributed by atoms with Crippen molar-refractivity contribution in [2.24, 2.45) is 10.8 Å². The Labute approximate surface area is 103 Å². The first kappa shape index (κ1) is 11.8. The van der Waals surface area contributed by atoms with E-state index in [-0.39, 0.29) is 18.3 Å². The Balaban J connectivity index is 1.92. The molecular formula is C11H12N6O. The minimum absolute atomic E-state index is 0.241. The average Bonchev–Trinajstić information content (AvgIpc) is 2.90. The van der Waals surface area contributed by atoms with Crippen LogP contribution in [-0.2, 0) is 6.54 Å². The molecule has 2 aromatic rings. The van der Waals surface area contributed by atoms with Crippen LogP contribution < -0.4 is 11.2 Å². The van der Waals surface area contributed by atoms with Crippen molar-refractivity contribution in [1.82, 2.24) is 20.2 Å². The van der Waals surface area contributed by atoms with Crippen molar-refractivity contribution < 1.29 is 4.79 Å². The number of amides is 1. The van der Waals surface area contributed by atoms with E-state index in [2.05, 4.69) is 20.6 Å². The Bertz CT molecular complexity index is 534. The smallest absolute Gasteiger partial charge is 0.271 e. The lowest BCUT2D eigenvalue weighted by atomic mass is 10.2. The number of amidine groups is 1. The fourth-order valence-electron chi connectivity index (χ4n) is 1.29. The highest BCUT2D eigenvalue weighted by molar-refractivity contribution is 5.94. The van der Waals surface area contributed by atoms with Crippen LogP contribution in [0.1, 0.15) is 10.4 Å². The quantitative estimate of drug-likeness (QED) is 0.448. The summed E-state index contributed by atoms with van der Waals surface area (Å²) in [5, 5.41) is 7.66. The van der Waals surface area contributed by atoms with Gasteiger partial charge in [0.15, 0.2) is 0 Å². The van der Waals surface area contributed by atoms with E-state index in [9.17, 15) is 4.79 Å². The Kier molecular flexibility index (Phi) is 3.65. The molecular weight excluding hydrogens is 232 g/mol. The summed E-state index contributed by atoms with van der Waals surface area (Å²) in [7, 11) is 0. The van der Waals surface area contributed by atoms with E-state index >= 15 is 0 Å². The maximum atomic E-state index is 11.6. The minimum Gasteiger partial charge on any atom is -0.384 e. The van der Waals surface area contributed by atoms with Crippen LogP contribution in [0.2, 0.25) is 0 Å². The second-order valence-corrected chi connectivity index (χ2v) is 3.50. The molecule has 0 atom stereocenters. The molecule has 7 nitrogen and oxygen atoms in total. The van der Waals surface area contributed by atoms with E-state index in [0.29, 0.717) is 5.56 Å². The molecule has 0 saturated heterocycles. The number of nitrogens with zero attached hydrogens (tertiary/aromatic N) is 4. The Hall–Kier alpha value is -2.70. The van der Waals surface area contributed by atoms with Gasteiger partial charge in [0.25, 0.3) is 5.91 Å². The highest BCUT2D eigenvalue weighted by Gasteiger charge is 2.03. The van der Waals surface area contributed by atoms with Gasteiger partial charge in [0.05, 0.1) is 0 Å². The third-order valence-corrected chi connectivity index (χ3v) is 2.13. The van der Waals surface area contributed by atoms with Crippen LogP contribution in [0.15, 0.2) is 48.1 Å². The predicted octanol–water partition coefficient (Wildman–Crippen LogP) is -0.0197. The summed E-state index contributed by atoms with van der Waals surface area (Å²) in [6.45, 7) is 0.273. The van der Waals surface area contributed by atoms with Gasteiger partial charge in [0, 0.05) is 5.56 Å². The molecule has 7 heteroatoms. The number of benzene rings is 1. The monoisotopic (exact) mass is 244 g/mol. The summed E-state index contributed by atoms with van der Waals surface area (Å²) in [6.07, 6.45) is 2.91. The molecule has 3 N–H and O–H groups in total. The largest absolute Gasteiger partial charge is 0.384 e. The zero-order valence-electron chi connectivity index (χ0n) is 9.52. The van der Waals surface area contributed by atoms with Crippen LogP contribution >= 0.6 is 0 Å². The second-order valence-electron chi connectivity index (χ2n) is 3.50. The second kappa shape index (κ2) is 5.58. The van der Waals surface area contributed by atoms with E-state index < -0.39 is 0 Å². The number of carbonyl (C=O) groups is 1. The number of rotatable bonds is 4. The van der Waals surface area contributed by atoms with Gasteiger partial charge < -0.3 is 5.73 Å². The van der Waals surface area contributed by atoms with Crippen LogP contribution in [0, 0.1) is 0 Å². The lowest BCUT2D eigenvalue weighted by Gasteiger charge is -2.02. The summed E-state index contributed by atoms with van der Waals surface area (Å²) in [6, 6.07) is 8.77. The average molecular weight is 244 g/mol. The molecule has 0 fully saturated rings. The van der Waals surface area contributed by atoms with Crippen molar-refractivity contribution in [2.45, 2.75) is 6.54 Å². The van der Waals surface area contributed by atoms with E-state index in [0.717, 1.165) is 0 Å². The molecule has 0 aliphatic heterocycles. The van der Waals surface area contributed by atoms with E-state index in [1.165, 1.54) is 17.3 Å². The van der Waals surface area contributed by atoms with Gasteiger partial charge in [0.1, 0.15) is 25.0 Å². The summed E-state index contributed by atoms with van der Waals surface area (Å²) in [5.74, 6) is -0.0677. The van der Waals surface area contributed by atoms with Gasteiger partial charge in [-0.1, -0.05) is 18.2 Å². The van der Waals surface area contributed by atoms with Crippen molar-refractivity contribution in [3.8, 4) is 0 Å². The normalized spacial score (nSPS) is 11.2. The summed E-state index contributed by atoms with van der Waals surface area (Å²) in [4.78, 5) is 15.4. The number of hydrazone groups is 1. The first-order valence-corrected chi connectivity index (χ1v) is 5.25.